The van der Waals surface area contributed by atoms with Crippen molar-refractivity contribution in [2.24, 2.45) is 0 Å². The van der Waals surface area contributed by atoms with Gasteiger partial charge in [0, 0.05) is 17.1 Å². The van der Waals surface area contributed by atoms with Gasteiger partial charge in [-0.25, -0.2) is 4.79 Å². The molecule has 6 heteroatoms. The molecule has 18 heavy (non-hydrogen) atoms. The predicted octanol–water partition coefficient (Wildman–Crippen LogP) is 1.08. The van der Waals surface area contributed by atoms with E-state index in [0.29, 0.717) is 5.58 Å². The van der Waals surface area contributed by atoms with E-state index >= 15 is 0 Å². The zero-order valence-electron chi connectivity index (χ0n) is 10.1. The summed E-state index contributed by atoms with van der Waals surface area (Å²) in [5, 5.41) is 17.1. The first-order valence-corrected chi connectivity index (χ1v) is 5.47. The normalized spacial score (nSPS) is 12.4. The van der Waals surface area contributed by atoms with Crippen LogP contribution < -0.4 is 5.32 Å². The van der Waals surface area contributed by atoms with Crippen LogP contribution in [-0.4, -0.2) is 36.0 Å². The number of aromatic nitrogens is 1. The molecule has 2 aromatic rings. The Hall–Kier alpha value is -2.08. The van der Waals surface area contributed by atoms with Gasteiger partial charge in [0.25, 0.3) is 0 Å². The van der Waals surface area contributed by atoms with Gasteiger partial charge in [-0.3, -0.25) is 0 Å². The van der Waals surface area contributed by atoms with Crippen LogP contribution in [0.4, 0.5) is 5.69 Å². The Balaban J connectivity index is 2.06. The molecule has 1 unspecified atom stereocenters. The first kappa shape index (κ1) is 12.4. The topological polar surface area (TPSA) is 84.6 Å². The molecule has 2 N–H and O–H groups in total. The van der Waals surface area contributed by atoms with Crippen LogP contribution in [0.2, 0.25) is 0 Å². The minimum Gasteiger partial charge on any atom is -0.467 e. The number of anilines is 1. The number of aliphatic hydroxyl groups excluding tert-OH is 1. The Labute approximate surface area is 104 Å². The van der Waals surface area contributed by atoms with Crippen LogP contribution in [0.5, 0.6) is 0 Å². The van der Waals surface area contributed by atoms with Crippen LogP contribution >= 0.6 is 0 Å². The van der Waals surface area contributed by atoms with E-state index in [1.807, 2.05) is 19.1 Å². The van der Waals surface area contributed by atoms with Crippen molar-refractivity contribution in [3.05, 3.63) is 23.9 Å². The van der Waals surface area contributed by atoms with Gasteiger partial charge in [0.1, 0.15) is 0 Å². The van der Waals surface area contributed by atoms with E-state index in [9.17, 15) is 9.90 Å². The monoisotopic (exact) mass is 250 g/mol. The van der Waals surface area contributed by atoms with E-state index < -0.39 is 12.1 Å². The highest BCUT2D eigenvalue weighted by molar-refractivity contribution is 5.82. The van der Waals surface area contributed by atoms with Crippen molar-refractivity contribution in [2.75, 3.05) is 19.0 Å². The molecule has 0 aliphatic rings. The first-order chi connectivity index (χ1) is 8.61. The van der Waals surface area contributed by atoms with Crippen molar-refractivity contribution in [1.29, 1.82) is 0 Å². The molecular weight excluding hydrogens is 236 g/mol. The van der Waals surface area contributed by atoms with Crippen molar-refractivity contribution >= 4 is 22.6 Å². The minimum atomic E-state index is -1.19. The maximum Gasteiger partial charge on any atom is 0.336 e. The fourth-order valence-corrected chi connectivity index (χ4v) is 1.61. The number of aryl methyl sites for hydroxylation is 1. The number of hydrogen-bond donors (Lipinski definition) is 2. The number of esters is 1. The number of nitrogens with one attached hydrogen (secondary N) is 1. The molecule has 1 heterocycles. The molecule has 0 aliphatic carbocycles. The Morgan fingerprint density at radius 2 is 2.39 bits per heavy atom. The van der Waals surface area contributed by atoms with Crippen LogP contribution in [0.3, 0.4) is 0 Å². The van der Waals surface area contributed by atoms with Crippen LogP contribution in [0, 0.1) is 6.92 Å². The zero-order chi connectivity index (χ0) is 13.1. The number of nitrogens with zero attached hydrogens (tertiary/aromatic N) is 1. The van der Waals surface area contributed by atoms with Crippen LogP contribution in [0.25, 0.3) is 11.0 Å². The summed E-state index contributed by atoms with van der Waals surface area (Å²) in [6, 6.07) is 5.46. The molecule has 1 aromatic heterocycles. The quantitative estimate of drug-likeness (QED) is 0.790. The van der Waals surface area contributed by atoms with Gasteiger partial charge in [0.05, 0.1) is 19.3 Å². The maximum absolute atomic E-state index is 11.0. The Morgan fingerprint density at radius 1 is 1.61 bits per heavy atom. The molecule has 0 saturated heterocycles. The number of ether oxygens (including phenoxy) is 1. The fourth-order valence-electron chi connectivity index (χ4n) is 1.61. The predicted molar refractivity (Wildman–Crippen MR) is 65.3 cm³/mol. The highest BCUT2D eigenvalue weighted by Crippen LogP contribution is 2.21. The van der Waals surface area contributed by atoms with Crippen LogP contribution in [-0.2, 0) is 9.53 Å². The van der Waals surface area contributed by atoms with Crippen molar-refractivity contribution in [3.63, 3.8) is 0 Å². The number of carbonyl (C=O) groups is 1. The summed E-state index contributed by atoms with van der Waals surface area (Å²) < 4.78 is 9.54. The lowest BCUT2D eigenvalue weighted by molar-refractivity contribution is -0.149. The summed E-state index contributed by atoms with van der Waals surface area (Å²) >= 11 is 0. The van der Waals surface area contributed by atoms with Gasteiger partial charge in [-0.15, -0.1) is 0 Å². The van der Waals surface area contributed by atoms with Gasteiger partial charge in [0.15, 0.2) is 11.7 Å². The maximum atomic E-state index is 11.0. The van der Waals surface area contributed by atoms with Gasteiger partial charge in [-0.2, -0.15) is 0 Å². The molecule has 0 amide bonds. The third-order valence-corrected chi connectivity index (χ3v) is 2.63. The summed E-state index contributed by atoms with van der Waals surface area (Å²) in [5.74, 6) is -0.668. The van der Waals surface area contributed by atoms with Crippen molar-refractivity contribution in [2.45, 2.75) is 13.0 Å². The van der Waals surface area contributed by atoms with Gasteiger partial charge in [-0.05, 0) is 19.1 Å². The molecule has 6 nitrogen and oxygen atoms in total. The summed E-state index contributed by atoms with van der Waals surface area (Å²) in [6.45, 7) is 1.94. The largest absolute Gasteiger partial charge is 0.467 e. The van der Waals surface area contributed by atoms with Crippen LogP contribution in [0.1, 0.15) is 5.69 Å². The number of rotatable bonds is 4. The molecule has 0 aliphatic heterocycles. The lowest BCUT2D eigenvalue weighted by Gasteiger charge is -2.10. The summed E-state index contributed by atoms with van der Waals surface area (Å²) in [5.41, 5.74) is 2.22. The number of fused-ring (bicyclic) bond motifs is 1. The molecule has 0 saturated carbocycles. The lowest BCUT2D eigenvalue weighted by Crippen LogP contribution is -2.29. The van der Waals surface area contributed by atoms with Crippen molar-refractivity contribution in [3.8, 4) is 0 Å². The van der Waals surface area contributed by atoms with E-state index in [4.69, 9.17) is 4.52 Å². The summed E-state index contributed by atoms with van der Waals surface area (Å²) in [4.78, 5) is 11.0. The van der Waals surface area contributed by atoms with Crippen molar-refractivity contribution < 1.29 is 19.2 Å². The van der Waals surface area contributed by atoms with Gasteiger partial charge >= 0.3 is 5.97 Å². The summed E-state index contributed by atoms with van der Waals surface area (Å²) in [6.07, 6.45) is -1.19. The van der Waals surface area contributed by atoms with E-state index in [2.05, 4.69) is 15.2 Å². The third kappa shape index (κ3) is 2.43. The molecule has 1 aromatic carbocycles. The summed E-state index contributed by atoms with van der Waals surface area (Å²) in [7, 11) is 1.23. The molecule has 1 atom stereocenters. The fraction of sp³-hybridized carbons (Fsp3) is 0.333. The second-order valence-corrected chi connectivity index (χ2v) is 3.90. The smallest absolute Gasteiger partial charge is 0.336 e. The molecule has 0 radical (unpaired) electrons. The molecule has 96 valence electrons. The number of aliphatic hydroxyl groups is 1. The number of methoxy groups -OCH3 is 1. The zero-order valence-corrected chi connectivity index (χ0v) is 10.1. The number of hydrogen-bond acceptors (Lipinski definition) is 6. The molecular formula is C12H14N2O4. The standard InChI is InChI=1S/C12H14N2O4/c1-7-9-4-3-8(5-11(9)18-14-7)13-6-10(15)12(16)17-2/h3-5,10,13,15H,6H2,1-2H3. The average molecular weight is 250 g/mol. The molecule has 0 spiro atoms. The minimum absolute atomic E-state index is 0.0747. The van der Waals surface area contributed by atoms with Gasteiger partial charge in [-0.1, -0.05) is 5.16 Å². The molecule has 0 bridgehead atoms. The second kappa shape index (κ2) is 5.05. The van der Waals surface area contributed by atoms with E-state index in [0.717, 1.165) is 16.8 Å². The SMILES string of the molecule is COC(=O)C(O)CNc1ccc2c(C)noc2c1. The van der Waals surface area contributed by atoms with Crippen LogP contribution in [0.15, 0.2) is 22.7 Å². The van der Waals surface area contributed by atoms with E-state index in [-0.39, 0.29) is 6.54 Å². The Kier molecular flexibility index (Phi) is 3.47. The highest BCUT2D eigenvalue weighted by Gasteiger charge is 2.14. The second-order valence-electron chi connectivity index (χ2n) is 3.90. The van der Waals surface area contributed by atoms with Gasteiger partial charge < -0.3 is 19.7 Å². The van der Waals surface area contributed by atoms with Crippen molar-refractivity contribution in [1.82, 2.24) is 5.16 Å². The molecule has 0 fully saturated rings. The van der Waals surface area contributed by atoms with E-state index in [1.54, 1.807) is 6.07 Å². The molecule has 2 rings (SSSR count). The Morgan fingerprint density at radius 3 is 3.11 bits per heavy atom. The number of carbonyl (C=O) groups excluding carboxylic acids is 1. The highest BCUT2D eigenvalue weighted by atomic mass is 16.5. The van der Waals surface area contributed by atoms with Gasteiger partial charge in [0.2, 0.25) is 0 Å². The third-order valence-electron chi connectivity index (χ3n) is 2.63. The average Bonchev–Trinajstić information content (AvgIpc) is 2.76. The lowest BCUT2D eigenvalue weighted by atomic mass is 10.2. The van der Waals surface area contributed by atoms with E-state index in [1.165, 1.54) is 7.11 Å². The number of benzene rings is 1. The first-order valence-electron chi connectivity index (χ1n) is 5.47. The Bertz CT molecular complexity index is 564.